The molecule has 3 rings (SSSR count). The van der Waals surface area contributed by atoms with Gasteiger partial charge in [-0.1, -0.05) is 16.8 Å². The summed E-state index contributed by atoms with van der Waals surface area (Å²) in [5.41, 5.74) is 1.84. The zero-order valence-electron chi connectivity index (χ0n) is 8.63. The molecule has 0 radical (unpaired) electrons. The highest BCUT2D eigenvalue weighted by molar-refractivity contribution is 7.08. The van der Waals surface area contributed by atoms with Crippen LogP contribution in [-0.2, 0) is 0 Å². The van der Waals surface area contributed by atoms with Crippen molar-refractivity contribution in [1.29, 1.82) is 0 Å². The third kappa shape index (κ3) is 2.09. The van der Waals surface area contributed by atoms with Gasteiger partial charge in [0.1, 0.15) is 0 Å². The van der Waals surface area contributed by atoms with Crippen LogP contribution in [0.2, 0.25) is 5.02 Å². The topological polar surface area (TPSA) is 38.9 Å². The first-order valence-corrected chi connectivity index (χ1v) is 6.27. The van der Waals surface area contributed by atoms with E-state index in [-0.39, 0.29) is 0 Å². The van der Waals surface area contributed by atoms with Gasteiger partial charge in [0, 0.05) is 16.0 Å². The number of benzene rings is 1. The van der Waals surface area contributed by atoms with Gasteiger partial charge in [0.25, 0.3) is 5.89 Å². The second-order valence-electron chi connectivity index (χ2n) is 3.44. The molecule has 3 nitrogen and oxygen atoms in total. The molecule has 0 unspecified atom stereocenters. The van der Waals surface area contributed by atoms with Gasteiger partial charge in [-0.25, -0.2) is 0 Å². The van der Waals surface area contributed by atoms with Gasteiger partial charge in [-0.15, -0.1) is 0 Å². The van der Waals surface area contributed by atoms with E-state index in [9.17, 15) is 0 Å². The number of aromatic nitrogens is 2. The fourth-order valence-corrected chi connectivity index (χ4v) is 2.20. The summed E-state index contributed by atoms with van der Waals surface area (Å²) in [4.78, 5) is 4.34. The standard InChI is InChI=1S/C12H7ClN2OS/c13-10-3-1-8(2-4-10)11-14-12(16-15-11)9-5-6-17-7-9/h1-7H. The van der Waals surface area contributed by atoms with E-state index < -0.39 is 0 Å². The van der Waals surface area contributed by atoms with Crippen LogP contribution in [-0.4, -0.2) is 10.1 Å². The fourth-order valence-electron chi connectivity index (χ4n) is 1.44. The van der Waals surface area contributed by atoms with Gasteiger partial charge in [-0.05, 0) is 35.7 Å². The zero-order valence-corrected chi connectivity index (χ0v) is 10.2. The Morgan fingerprint density at radius 3 is 2.59 bits per heavy atom. The second-order valence-corrected chi connectivity index (χ2v) is 4.66. The van der Waals surface area contributed by atoms with Crippen molar-refractivity contribution in [3.05, 3.63) is 46.1 Å². The van der Waals surface area contributed by atoms with Crippen molar-refractivity contribution >= 4 is 22.9 Å². The molecule has 1 aromatic carbocycles. The molecule has 0 atom stereocenters. The number of thiophene rings is 1. The van der Waals surface area contributed by atoms with Crippen LogP contribution in [0.4, 0.5) is 0 Å². The minimum absolute atomic E-state index is 0.538. The molecule has 84 valence electrons. The number of nitrogens with zero attached hydrogens (tertiary/aromatic N) is 2. The lowest BCUT2D eigenvalue weighted by Crippen LogP contribution is -1.79. The summed E-state index contributed by atoms with van der Waals surface area (Å²) in [7, 11) is 0. The highest BCUT2D eigenvalue weighted by Gasteiger charge is 2.10. The lowest BCUT2D eigenvalue weighted by atomic mass is 10.2. The van der Waals surface area contributed by atoms with Crippen LogP contribution >= 0.6 is 22.9 Å². The Balaban J connectivity index is 1.98. The molecular formula is C12H7ClN2OS. The van der Waals surface area contributed by atoms with E-state index in [4.69, 9.17) is 16.1 Å². The van der Waals surface area contributed by atoms with E-state index in [0.717, 1.165) is 11.1 Å². The normalized spacial score (nSPS) is 10.6. The molecule has 0 bridgehead atoms. The minimum Gasteiger partial charge on any atom is -0.334 e. The Bertz CT molecular complexity index is 616. The summed E-state index contributed by atoms with van der Waals surface area (Å²) in [6.45, 7) is 0. The van der Waals surface area contributed by atoms with Gasteiger partial charge in [-0.3, -0.25) is 0 Å². The predicted octanol–water partition coefficient (Wildman–Crippen LogP) is 4.12. The van der Waals surface area contributed by atoms with Crippen molar-refractivity contribution in [2.75, 3.05) is 0 Å². The molecule has 3 aromatic rings. The smallest absolute Gasteiger partial charge is 0.259 e. The number of rotatable bonds is 2. The molecule has 0 amide bonds. The summed E-state index contributed by atoms with van der Waals surface area (Å²) in [5, 5.41) is 8.58. The highest BCUT2D eigenvalue weighted by atomic mass is 35.5. The van der Waals surface area contributed by atoms with Crippen molar-refractivity contribution in [2.24, 2.45) is 0 Å². The first kappa shape index (κ1) is 10.5. The van der Waals surface area contributed by atoms with Gasteiger partial charge < -0.3 is 4.52 Å². The number of halogens is 1. The highest BCUT2D eigenvalue weighted by Crippen LogP contribution is 2.24. The Morgan fingerprint density at radius 2 is 1.88 bits per heavy atom. The van der Waals surface area contributed by atoms with Gasteiger partial charge in [-0.2, -0.15) is 16.3 Å². The molecule has 17 heavy (non-hydrogen) atoms. The van der Waals surface area contributed by atoms with Crippen LogP contribution in [0.3, 0.4) is 0 Å². The Hall–Kier alpha value is -1.65. The average Bonchev–Trinajstić information content (AvgIpc) is 3.00. The van der Waals surface area contributed by atoms with E-state index in [2.05, 4.69) is 10.1 Å². The Labute approximate surface area is 107 Å². The molecule has 2 heterocycles. The SMILES string of the molecule is Clc1ccc(-c2noc(-c3ccsc3)n2)cc1. The summed E-state index contributed by atoms with van der Waals surface area (Å²) in [6, 6.07) is 9.29. The largest absolute Gasteiger partial charge is 0.334 e. The molecule has 0 N–H and O–H groups in total. The fraction of sp³-hybridized carbons (Fsp3) is 0. The predicted molar refractivity (Wildman–Crippen MR) is 68.1 cm³/mol. The van der Waals surface area contributed by atoms with Crippen LogP contribution in [0.1, 0.15) is 0 Å². The summed E-state index contributed by atoms with van der Waals surface area (Å²) < 4.78 is 5.21. The molecule has 0 aliphatic heterocycles. The van der Waals surface area contributed by atoms with Crippen molar-refractivity contribution in [2.45, 2.75) is 0 Å². The summed E-state index contributed by atoms with van der Waals surface area (Å²) >= 11 is 7.42. The van der Waals surface area contributed by atoms with E-state index in [1.165, 1.54) is 0 Å². The van der Waals surface area contributed by atoms with Crippen molar-refractivity contribution in [3.63, 3.8) is 0 Å². The van der Waals surface area contributed by atoms with Crippen LogP contribution in [0, 0.1) is 0 Å². The van der Waals surface area contributed by atoms with Gasteiger partial charge in [0.2, 0.25) is 5.82 Å². The van der Waals surface area contributed by atoms with Crippen molar-refractivity contribution < 1.29 is 4.52 Å². The second kappa shape index (κ2) is 4.31. The summed E-state index contributed by atoms with van der Waals surface area (Å²) in [6.07, 6.45) is 0. The van der Waals surface area contributed by atoms with Crippen molar-refractivity contribution in [3.8, 4) is 22.8 Å². The Morgan fingerprint density at radius 1 is 1.06 bits per heavy atom. The van der Waals surface area contributed by atoms with Gasteiger partial charge in [0.15, 0.2) is 0 Å². The molecule has 5 heteroatoms. The quantitative estimate of drug-likeness (QED) is 0.697. The average molecular weight is 263 g/mol. The number of hydrogen-bond donors (Lipinski definition) is 0. The minimum atomic E-state index is 0.538. The monoisotopic (exact) mass is 262 g/mol. The van der Waals surface area contributed by atoms with Crippen LogP contribution in [0.15, 0.2) is 45.6 Å². The molecule has 0 aliphatic rings. The third-order valence-electron chi connectivity index (χ3n) is 2.30. The van der Waals surface area contributed by atoms with Crippen molar-refractivity contribution in [1.82, 2.24) is 10.1 Å². The molecule has 2 aromatic heterocycles. The van der Waals surface area contributed by atoms with E-state index in [0.29, 0.717) is 16.7 Å². The molecule has 0 saturated heterocycles. The third-order valence-corrected chi connectivity index (χ3v) is 3.23. The molecule has 0 spiro atoms. The first-order chi connectivity index (χ1) is 8.33. The molecule has 0 fully saturated rings. The van der Waals surface area contributed by atoms with Crippen LogP contribution in [0.25, 0.3) is 22.8 Å². The lowest BCUT2D eigenvalue weighted by molar-refractivity contribution is 0.432. The van der Waals surface area contributed by atoms with Gasteiger partial charge >= 0.3 is 0 Å². The van der Waals surface area contributed by atoms with E-state index in [1.54, 1.807) is 23.5 Å². The first-order valence-electron chi connectivity index (χ1n) is 4.95. The zero-order chi connectivity index (χ0) is 11.7. The maximum absolute atomic E-state index is 5.82. The van der Waals surface area contributed by atoms with Crippen LogP contribution in [0.5, 0.6) is 0 Å². The maximum Gasteiger partial charge on any atom is 0.259 e. The lowest BCUT2D eigenvalue weighted by Gasteiger charge is -1.92. The van der Waals surface area contributed by atoms with E-state index in [1.807, 2.05) is 29.0 Å². The summed E-state index contributed by atoms with van der Waals surface area (Å²) in [5.74, 6) is 1.11. The maximum atomic E-state index is 5.82. The molecule has 0 saturated carbocycles. The van der Waals surface area contributed by atoms with Gasteiger partial charge in [0.05, 0.1) is 5.56 Å². The Kier molecular flexibility index (Phi) is 2.66. The molecular weight excluding hydrogens is 256 g/mol. The van der Waals surface area contributed by atoms with E-state index >= 15 is 0 Å². The van der Waals surface area contributed by atoms with Crippen LogP contribution < -0.4 is 0 Å². The number of hydrogen-bond acceptors (Lipinski definition) is 4. The molecule has 0 aliphatic carbocycles.